The van der Waals surface area contributed by atoms with Gasteiger partial charge in [0.2, 0.25) is 5.91 Å². The van der Waals surface area contributed by atoms with E-state index in [2.05, 4.69) is 38.2 Å². The predicted octanol–water partition coefficient (Wildman–Crippen LogP) is 2.50. The molecule has 0 aliphatic rings. The summed E-state index contributed by atoms with van der Waals surface area (Å²) in [6.07, 6.45) is 0. The highest BCUT2D eigenvalue weighted by Gasteiger charge is 2.14. The Morgan fingerprint density at radius 2 is 2.09 bits per heavy atom. The van der Waals surface area contributed by atoms with Crippen LogP contribution in [0.15, 0.2) is 29.6 Å². The molecule has 2 aromatic rings. The lowest BCUT2D eigenvalue weighted by Crippen LogP contribution is -2.21. The van der Waals surface area contributed by atoms with Gasteiger partial charge >= 0.3 is 5.97 Å². The number of aromatic nitrogens is 1. The van der Waals surface area contributed by atoms with E-state index in [1.54, 1.807) is 12.1 Å². The number of nitrogens with zero attached hydrogens (tertiary/aromatic N) is 1. The SMILES string of the molecule is CC(=O)Nc1nc(C(=O)OCC(=O)Nc2cccc(I)c2)cs1. The molecule has 9 heteroatoms. The maximum Gasteiger partial charge on any atom is 0.358 e. The summed E-state index contributed by atoms with van der Waals surface area (Å²) >= 11 is 3.23. The standard InChI is InChI=1S/C14H12IN3O4S/c1-8(19)16-14-18-11(7-23-14)13(21)22-6-12(20)17-10-4-2-3-9(15)5-10/h2-5,7H,6H2,1H3,(H,17,20)(H,16,18,19). The van der Waals surface area contributed by atoms with Crippen LogP contribution in [0, 0.1) is 3.57 Å². The van der Waals surface area contributed by atoms with Crippen molar-refractivity contribution in [3.8, 4) is 0 Å². The molecule has 0 saturated carbocycles. The highest BCUT2D eigenvalue weighted by atomic mass is 127. The monoisotopic (exact) mass is 445 g/mol. The number of hydrogen-bond acceptors (Lipinski definition) is 6. The van der Waals surface area contributed by atoms with E-state index in [0.717, 1.165) is 14.9 Å². The molecule has 2 N–H and O–H groups in total. The maximum atomic E-state index is 11.8. The third-order valence-corrected chi connectivity index (χ3v) is 3.87. The van der Waals surface area contributed by atoms with Gasteiger partial charge in [-0.1, -0.05) is 6.07 Å². The fourth-order valence-corrected chi connectivity index (χ4v) is 2.81. The van der Waals surface area contributed by atoms with Gasteiger partial charge in [0.1, 0.15) is 0 Å². The number of hydrogen-bond donors (Lipinski definition) is 2. The van der Waals surface area contributed by atoms with Crippen molar-refractivity contribution in [3.05, 3.63) is 38.9 Å². The topological polar surface area (TPSA) is 97.4 Å². The minimum Gasteiger partial charge on any atom is -0.451 e. The molecule has 0 aliphatic heterocycles. The van der Waals surface area contributed by atoms with Crippen molar-refractivity contribution in [2.45, 2.75) is 6.92 Å². The van der Waals surface area contributed by atoms with Gasteiger partial charge in [-0.2, -0.15) is 0 Å². The van der Waals surface area contributed by atoms with Crippen LogP contribution in [0.3, 0.4) is 0 Å². The Bertz CT molecular complexity index is 747. The summed E-state index contributed by atoms with van der Waals surface area (Å²) in [5.74, 6) is -1.45. The molecule has 2 amide bonds. The van der Waals surface area contributed by atoms with Crippen LogP contribution >= 0.6 is 33.9 Å². The van der Waals surface area contributed by atoms with Gasteiger partial charge < -0.3 is 15.4 Å². The minimum atomic E-state index is -0.726. The summed E-state index contributed by atoms with van der Waals surface area (Å²) in [5, 5.41) is 6.84. The van der Waals surface area contributed by atoms with Gasteiger partial charge in [0, 0.05) is 21.6 Å². The molecule has 0 saturated heterocycles. The van der Waals surface area contributed by atoms with Gasteiger partial charge in [-0.25, -0.2) is 9.78 Å². The normalized spacial score (nSPS) is 10.0. The lowest BCUT2D eigenvalue weighted by atomic mass is 10.3. The lowest BCUT2D eigenvalue weighted by Gasteiger charge is -2.06. The second kappa shape index (κ2) is 8.02. The number of anilines is 2. The molecule has 23 heavy (non-hydrogen) atoms. The predicted molar refractivity (Wildman–Crippen MR) is 94.5 cm³/mol. The van der Waals surface area contributed by atoms with Crippen molar-refractivity contribution < 1.29 is 19.1 Å². The van der Waals surface area contributed by atoms with Crippen molar-refractivity contribution in [2.75, 3.05) is 17.2 Å². The highest BCUT2D eigenvalue weighted by molar-refractivity contribution is 14.1. The molecule has 2 rings (SSSR count). The number of nitrogens with one attached hydrogen (secondary N) is 2. The fraction of sp³-hybridized carbons (Fsp3) is 0.143. The Labute approximate surface area is 149 Å². The van der Waals surface area contributed by atoms with E-state index in [9.17, 15) is 14.4 Å². The number of carbonyl (C=O) groups is 3. The van der Waals surface area contributed by atoms with Gasteiger partial charge in [-0.05, 0) is 40.8 Å². The van der Waals surface area contributed by atoms with Crippen LogP contribution < -0.4 is 10.6 Å². The second-order valence-corrected chi connectivity index (χ2v) is 6.46. The Morgan fingerprint density at radius 3 is 2.78 bits per heavy atom. The van der Waals surface area contributed by atoms with Crippen molar-refractivity contribution in [1.29, 1.82) is 0 Å². The number of esters is 1. The summed E-state index contributed by atoms with van der Waals surface area (Å²) in [4.78, 5) is 38.3. The van der Waals surface area contributed by atoms with E-state index < -0.39 is 18.5 Å². The molecule has 0 fully saturated rings. The summed E-state index contributed by atoms with van der Waals surface area (Å²) in [6.45, 7) is 0.922. The Hall–Kier alpha value is -2.01. The van der Waals surface area contributed by atoms with Gasteiger partial charge in [0.15, 0.2) is 17.4 Å². The molecule has 7 nitrogen and oxygen atoms in total. The molecule has 1 aromatic heterocycles. The maximum absolute atomic E-state index is 11.8. The Morgan fingerprint density at radius 1 is 1.30 bits per heavy atom. The summed E-state index contributed by atoms with van der Waals surface area (Å²) in [7, 11) is 0. The second-order valence-electron chi connectivity index (χ2n) is 4.35. The third-order valence-electron chi connectivity index (χ3n) is 2.44. The smallest absolute Gasteiger partial charge is 0.358 e. The van der Waals surface area contributed by atoms with Crippen LogP contribution in [0.2, 0.25) is 0 Å². The molecule has 0 bridgehead atoms. The van der Waals surface area contributed by atoms with Crippen LogP contribution in [0.1, 0.15) is 17.4 Å². The van der Waals surface area contributed by atoms with E-state index >= 15 is 0 Å². The summed E-state index contributed by atoms with van der Waals surface area (Å²) in [6, 6.07) is 7.23. The van der Waals surface area contributed by atoms with Crippen LogP contribution in [0.5, 0.6) is 0 Å². The molecule has 0 aliphatic carbocycles. The molecule has 120 valence electrons. The van der Waals surface area contributed by atoms with Crippen molar-refractivity contribution in [2.24, 2.45) is 0 Å². The minimum absolute atomic E-state index is 0.0424. The number of amides is 2. The van der Waals surface area contributed by atoms with E-state index in [-0.39, 0.29) is 11.6 Å². The van der Waals surface area contributed by atoms with Crippen molar-refractivity contribution in [1.82, 2.24) is 4.98 Å². The van der Waals surface area contributed by atoms with E-state index in [0.29, 0.717) is 10.8 Å². The molecule has 0 radical (unpaired) electrons. The number of thiazole rings is 1. The summed E-state index contributed by atoms with van der Waals surface area (Å²) in [5.41, 5.74) is 0.667. The Balaban J connectivity index is 1.85. The first-order valence-corrected chi connectivity index (χ1v) is 8.35. The fourth-order valence-electron chi connectivity index (χ4n) is 1.54. The van der Waals surface area contributed by atoms with Gasteiger partial charge in [0.05, 0.1) is 0 Å². The first-order valence-electron chi connectivity index (χ1n) is 6.39. The van der Waals surface area contributed by atoms with Crippen LogP contribution in [-0.2, 0) is 14.3 Å². The first-order chi connectivity index (χ1) is 10.9. The number of carbonyl (C=O) groups excluding carboxylic acids is 3. The lowest BCUT2D eigenvalue weighted by molar-refractivity contribution is -0.119. The molecule has 0 spiro atoms. The zero-order valence-electron chi connectivity index (χ0n) is 12.0. The average molecular weight is 445 g/mol. The summed E-state index contributed by atoms with van der Waals surface area (Å²) < 4.78 is 5.87. The van der Waals surface area contributed by atoms with Crippen LogP contribution in [0.4, 0.5) is 10.8 Å². The van der Waals surface area contributed by atoms with Gasteiger partial charge in [-0.3, -0.25) is 9.59 Å². The van der Waals surface area contributed by atoms with Crippen LogP contribution in [0.25, 0.3) is 0 Å². The molecule has 1 heterocycles. The zero-order valence-corrected chi connectivity index (χ0v) is 14.9. The van der Waals surface area contributed by atoms with Crippen molar-refractivity contribution >= 4 is 62.5 Å². The average Bonchev–Trinajstić information content (AvgIpc) is 2.92. The van der Waals surface area contributed by atoms with E-state index in [1.807, 2.05) is 12.1 Å². The number of benzene rings is 1. The molecular weight excluding hydrogens is 433 g/mol. The van der Waals surface area contributed by atoms with Gasteiger partial charge in [0.25, 0.3) is 5.91 Å². The van der Waals surface area contributed by atoms with Gasteiger partial charge in [-0.15, -0.1) is 11.3 Å². The highest BCUT2D eigenvalue weighted by Crippen LogP contribution is 2.16. The van der Waals surface area contributed by atoms with Crippen LogP contribution in [-0.4, -0.2) is 29.4 Å². The zero-order chi connectivity index (χ0) is 16.8. The molecular formula is C14H12IN3O4S. The first kappa shape index (κ1) is 17.3. The largest absolute Gasteiger partial charge is 0.451 e. The molecule has 0 unspecified atom stereocenters. The number of halogens is 1. The quantitative estimate of drug-likeness (QED) is 0.545. The van der Waals surface area contributed by atoms with E-state index in [4.69, 9.17) is 4.74 Å². The Kier molecular flexibility index (Phi) is 6.04. The number of ether oxygens (including phenoxy) is 1. The molecule has 1 aromatic carbocycles. The third kappa shape index (κ3) is 5.60. The van der Waals surface area contributed by atoms with Crippen molar-refractivity contribution in [3.63, 3.8) is 0 Å². The molecule has 0 atom stereocenters. The number of rotatable bonds is 5. The van der Waals surface area contributed by atoms with E-state index in [1.165, 1.54) is 12.3 Å².